The Hall–Kier alpha value is -2.34. The van der Waals surface area contributed by atoms with E-state index in [0.29, 0.717) is 5.56 Å². The second-order valence-electron chi connectivity index (χ2n) is 5.50. The second kappa shape index (κ2) is 5.11. The van der Waals surface area contributed by atoms with Crippen molar-refractivity contribution in [2.45, 2.75) is 26.2 Å². The first-order valence-electron chi connectivity index (χ1n) is 6.23. The number of hydrogen-bond donors (Lipinski definition) is 1. The highest BCUT2D eigenvalue weighted by molar-refractivity contribution is 5.57. The summed E-state index contributed by atoms with van der Waals surface area (Å²) in [6, 6.07) is 13.9. The van der Waals surface area contributed by atoms with Crippen LogP contribution in [-0.2, 0) is 5.41 Å². The summed E-state index contributed by atoms with van der Waals surface area (Å²) in [6.07, 6.45) is 1.56. The van der Waals surface area contributed by atoms with Gasteiger partial charge in [0.2, 0.25) is 0 Å². The van der Waals surface area contributed by atoms with Gasteiger partial charge in [0.25, 0.3) is 0 Å². The first kappa shape index (κ1) is 13.1. The third-order valence-electron chi connectivity index (χ3n) is 2.92. The summed E-state index contributed by atoms with van der Waals surface area (Å²) in [5, 5.41) is 11.9. The van der Waals surface area contributed by atoms with Gasteiger partial charge in [0, 0.05) is 11.9 Å². The molecule has 0 bridgehead atoms. The molecule has 96 valence electrons. The zero-order valence-corrected chi connectivity index (χ0v) is 11.4. The molecule has 19 heavy (non-hydrogen) atoms. The van der Waals surface area contributed by atoms with Crippen LogP contribution in [-0.4, -0.2) is 4.98 Å². The fourth-order valence-electron chi connectivity index (χ4n) is 1.74. The Kier molecular flexibility index (Phi) is 3.52. The Bertz CT molecular complexity index is 584. The van der Waals surface area contributed by atoms with Crippen molar-refractivity contribution in [1.82, 2.24) is 4.98 Å². The average Bonchev–Trinajstić information content (AvgIpc) is 2.39. The smallest absolute Gasteiger partial charge is 0.130 e. The van der Waals surface area contributed by atoms with Gasteiger partial charge in [-0.15, -0.1) is 0 Å². The maximum absolute atomic E-state index is 8.71. The van der Waals surface area contributed by atoms with Crippen LogP contribution in [0.1, 0.15) is 31.9 Å². The van der Waals surface area contributed by atoms with Gasteiger partial charge in [-0.25, -0.2) is 4.98 Å². The van der Waals surface area contributed by atoms with Crippen molar-refractivity contribution in [3.63, 3.8) is 0 Å². The minimum absolute atomic E-state index is 0.158. The molecule has 0 radical (unpaired) electrons. The van der Waals surface area contributed by atoms with Gasteiger partial charge < -0.3 is 5.32 Å². The molecule has 1 N–H and O–H groups in total. The molecule has 1 heterocycles. The van der Waals surface area contributed by atoms with E-state index in [1.165, 1.54) is 5.56 Å². The van der Waals surface area contributed by atoms with E-state index in [-0.39, 0.29) is 5.41 Å². The summed E-state index contributed by atoms with van der Waals surface area (Å²) >= 11 is 0. The van der Waals surface area contributed by atoms with Crippen LogP contribution in [0.15, 0.2) is 42.6 Å². The summed E-state index contributed by atoms with van der Waals surface area (Å²) in [4.78, 5) is 4.18. The first-order valence-corrected chi connectivity index (χ1v) is 6.23. The SMILES string of the molecule is CC(C)(C)c1ccc(Nc2ccc(C#N)cn2)cc1. The van der Waals surface area contributed by atoms with E-state index in [9.17, 15) is 0 Å². The molecule has 0 saturated heterocycles. The number of benzene rings is 1. The first-order chi connectivity index (χ1) is 8.99. The van der Waals surface area contributed by atoms with Gasteiger partial charge in [0.15, 0.2) is 0 Å². The summed E-state index contributed by atoms with van der Waals surface area (Å²) in [7, 11) is 0. The highest BCUT2D eigenvalue weighted by Crippen LogP contribution is 2.24. The fourth-order valence-corrected chi connectivity index (χ4v) is 1.74. The van der Waals surface area contributed by atoms with E-state index in [2.05, 4.69) is 49.3 Å². The molecule has 0 aliphatic rings. The molecule has 0 saturated carbocycles. The molecular weight excluding hydrogens is 234 g/mol. The van der Waals surface area contributed by atoms with E-state index < -0.39 is 0 Å². The predicted octanol–water partition coefficient (Wildman–Crippen LogP) is 3.99. The zero-order valence-electron chi connectivity index (χ0n) is 11.4. The number of nitriles is 1. The lowest BCUT2D eigenvalue weighted by molar-refractivity contribution is 0.590. The summed E-state index contributed by atoms with van der Waals surface area (Å²) in [5.74, 6) is 0.738. The third-order valence-corrected chi connectivity index (χ3v) is 2.92. The largest absolute Gasteiger partial charge is 0.340 e. The van der Waals surface area contributed by atoms with Crippen LogP contribution in [0.4, 0.5) is 11.5 Å². The number of nitrogens with zero attached hydrogens (tertiary/aromatic N) is 2. The van der Waals surface area contributed by atoms with Gasteiger partial charge in [-0.2, -0.15) is 5.26 Å². The molecular formula is C16H17N3. The van der Waals surface area contributed by atoms with E-state index in [0.717, 1.165) is 11.5 Å². The maximum atomic E-state index is 8.71. The molecule has 0 fully saturated rings. The Balaban J connectivity index is 2.13. The molecule has 2 rings (SSSR count). The number of nitrogens with one attached hydrogen (secondary N) is 1. The predicted molar refractivity (Wildman–Crippen MR) is 77.4 cm³/mol. The van der Waals surface area contributed by atoms with E-state index in [1.54, 1.807) is 18.3 Å². The van der Waals surface area contributed by atoms with Gasteiger partial charge in [-0.1, -0.05) is 32.9 Å². The molecule has 0 atom stereocenters. The van der Waals surface area contributed by atoms with Gasteiger partial charge in [-0.05, 0) is 35.2 Å². The Morgan fingerprint density at radius 1 is 1.05 bits per heavy atom. The Labute approximate surface area is 113 Å². The quantitative estimate of drug-likeness (QED) is 0.877. The Morgan fingerprint density at radius 2 is 1.74 bits per heavy atom. The molecule has 0 spiro atoms. The van der Waals surface area contributed by atoms with Crippen molar-refractivity contribution in [3.8, 4) is 6.07 Å². The van der Waals surface area contributed by atoms with Crippen molar-refractivity contribution < 1.29 is 0 Å². The van der Waals surface area contributed by atoms with Crippen molar-refractivity contribution in [1.29, 1.82) is 5.26 Å². The fraction of sp³-hybridized carbons (Fsp3) is 0.250. The standard InChI is InChI=1S/C16H17N3/c1-16(2,3)13-5-7-14(8-6-13)19-15-9-4-12(10-17)11-18-15/h4-9,11H,1-3H3,(H,18,19). The zero-order chi connectivity index (χ0) is 13.9. The number of aromatic nitrogens is 1. The Morgan fingerprint density at radius 3 is 2.21 bits per heavy atom. The number of hydrogen-bond acceptors (Lipinski definition) is 3. The second-order valence-corrected chi connectivity index (χ2v) is 5.50. The van der Waals surface area contributed by atoms with Gasteiger partial charge >= 0.3 is 0 Å². The highest BCUT2D eigenvalue weighted by Gasteiger charge is 2.12. The van der Waals surface area contributed by atoms with Gasteiger partial charge in [0.05, 0.1) is 5.56 Å². The highest BCUT2D eigenvalue weighted by atomic mass is 15.0. The third kappa shape index (κ3) is 3.32. The number of pyridine rings is 1. The molecule has 2 aromatic rings. The minimum atomic E-state index is 0.158. The van der Waals surface area contributed by atoms with E-state index in [1.807, 2.05) is 12.1 Å². The lowest BCUT2D eigenvalue weighted by Crippen LogP contribution is -2.10. The van der Waals surface area contributed by atoms with E-state index in [4.69, 9.17) is 5.26 Å². The minimum Gasteiger partial charge on any atom is -0.340 e. The average molecular weight is 251 g/mol. The topological polar surface area (TPSA) is 48.7 Å². The number of rotatable bonds is 2. The normalized spacial score (nSPS) is 10.8. The van der Waals surface area contributed by atoms with Crippen LogP contribution in [0, 0.1) is 11.3 Å². The van der Waals surface area contributed by atoms with Gasteiger partial charge in [0.1, 0.15) is 11.9 Å². The van der Waals surface area contributed by atoms with Crippen LogP contribution < -0.4 is 5.32 Å². The van der Waals surface area contributed by atoms with Crippen molar-refractivity contribution in [2.24, 2.45) is 0 Å². The van der Waals surface area contributed by atoms with Crippen LogP contribution in [0.2, 0.25) is 0 Å². The van der Waals surface area contributed by atoms with Gasteiger partial charge in [-0.3, -0.25) is 0 Å². The van der Waals surface area contributed by atoms with Crippen LogP contribution >= 0.6 is 0 Å². The summed E-state index contributed by atoms with van der Waals surface area (Å²) in [6.45, 7) is 6.58. The van der Waals surface area contributed by atoms with Crippen LogP contribution in [0.5, 0.6) is 0 Å². The van der Waals surface area contributed by atoms with Crippen LogP contribution in [0.25, 0.3) is 0 Å². The van der Waals surface area contributed by atoms with Crippen molar-refractivity contribution in [2.75, 3.05) is 5.32 Å². The molecule has 3 heteroatoms. The van der Waals surface area contributed by atoms with Crippen LogP contribution in [0.3, 0.4) is 0 Å². The molecule has 0 unspecified atom stereocenters. The lowest BCUT2D eigenvalue weighted by Gasteiger charge is -2.19. The molecule has 0 amide bonds. The van der Waals surface area contributed by atoms with Crippen molar-refractivity contribution in [3.05, 3.63) is 53.7 Å². The molecule has 0 aliphatic heterocycles. The molecule has 1 aromatic heterocycles. The lowest BCUT2D eigenvalue weighted by atomic mass is 9.87. The maximum Gasteiger partial charge on any atom is 0.130 e. The molecule has 1 aromatic carbocycles. The summed E-state index contributed by atoms with van der Waals surface area (Å²) < 4.78 is 0. The molecule has 0 aliphatic carbocycles. The number of anilines is 2. The van der Waals surface area contributed by atoms with Crippen molar-refractivity contribution >= 4 is 11.5 Å². The van der Waals surface area contributed by atoms with E-state index >= 15 is 0 Å². The molecule has 3 nitrogen and oxygen atoms in total. The summed E-state index contributed by atoms with van der Waals surface area (Å²) in [5.41, 5.74) is 3.01. The monoisotopic (exact) mass is 251 g/mol.